The molecule has 10 heteroatoms. The number of hydrogen-bond acceptors (Lipinski definition) is 7. The van der Waals surface area contributed by atoms with E-state index in [1.165, 1.54) is 24.8 Å². The summed E-state index contributed by atoms with van der Waals surface area (Å²) in [4.78, 5) is 2.62. The number of aromatic hydroxyl groups is 3. The van der Waals surface area contributed by atoms with Crippen LogP contribution in [0.3, 0.4) is 0 Å². The molecule has 1 aliphatic carbocycles. The zero-order valence-electron chi connectivity index (χ0n) is 19.9. The fourth-order valence-electron chi connectivity index (χ4n) is 4.55. The van der Waals surface area contributed by atoms with Gasteiger partial charge >= 0.3 is 0 Å². The van der Waals surface area contributed by atoms with Crippen molar-refractivity contribution in [2.24, 2.45) is 0 Å². The van der Waals surface area contributed by atoms with Crippen LogP contribution in [0, 0.1) is 0 Å². The van der Waals surface area contributed by atoms with Crippen LogP contribution < -0.4 is 5.32 Å². The number of hydrogen-bond donors (Lipinski definition) is 4. The molecule has 1 heterocycles. The van der Waals surface area contributed by atoms with Gasteiger partial charge in [-0.2, -0.15) is 0 Å². The van der Waals surface area contributed by atoms with Crippen LogP contribution >= 0.6 is 50.9 Å². The summed E-state index contributed by atoms with van der Waals surface area (Å²) in [5.41, 5.74) is 2.11. The fraction of sp³-hybridized carbons (Fsp3) is 0.625. The molecular weight excluding hydrogens is 634 g/mol. The van der Waals surface area contributed by atoms with E-state index >= 15 is 0 Å². The predicted molar refractivity (Wildman–Crippen MR) is 152 cm³/mol. The molecule has 0 bridgehead atoms. The Bertz CT molecular complexity index is 823. The number of nitrogens with one attached hydrogen (secondary N) is 1. The molecule has 0 aliphatic heterocycles. The van der Waals surface area contributed by atoms with Gasteiger partial charge in [-0.3, -0.25) is 0 Å². The lowest BCUT2D eigenvalue weighted by molar-refractivity contribution is 0.175. The van der Waals surface area contributed by atoms with Gasteiger partial charge in [-0.05, 0) is 74.9 Å². The summed E-state index contributed by atoms with van der Waals surface area (Å²) < 4.78 is 4.98. The number of nitrogens with zero attached hydrogens (tertiary/aromatic N) is 2. The molecule has 0 amide bonds. The highest BCUT2D eigenvalue weighted by atomic mass is 79.9. The molecule has 0 spiro atoms. The second kappa shape index (κ2) is 17.6. The average molecular weight is 674 g/mol. The Hall–Kier alpha value is -0.810. The van der Waals surface area contributed by atoms with Crippen LogP contribution in [-0.2, 0) is 19.3 Å². The first kappa shape index (κ1) is 33.2. The van der Waals surface area contributed by atoms with Crippen LogP contribution in [0.2, 0.25) is 0 Å². The molecule has 4 N–H and O–H groups in total. The first-order chi connectivity index (χ1) is 15.1. The summed E-state index contributed by atoms with van der Waals surface area (Å²) in [6, 6.07) is 5.66. The van der Waals surface area contributed by atoms with Crippen molar-refractivity contribution in [1.82, 2.24) is 15.4 Å². The van der Waals surface area contributed by atoms with Crippen molar-refractivity contribution in [3.8, 4) is 17.4 Å². The molecule has 1 atom stereocenters. The Morgan fingerprint density at radius 2 is 1.79 bits per heavy atom. The molecule has 0 fully saturated rings. The number of unbranched alkanes of at least 4 members (excludes halogenated alkanes) is 3. The number of halogens is 3. The van der Waals surface area contributed by atoms with Gasteiger partial charge in [-0.15, -0.1) is 50.9 Å². The second-order valence-corrected chi connectivity index (χ2v) is 8.57. The van der Waals surface area contributed by atoms with Gasteiger partial charge in [-0.1, -0.05) is 25.8 Å². The molecule has 2 aromatic rings. The van der Waals surface area contributed by atoms with E-state index in [0.717, 1.165) is 70.3 Å². The van der Waals surface area contributed by atoms with E-state index in [1.54, 1.807) is 12.1 Å². The molecule has 196 valence electrons. The largest absolute Gasteiger partial charge is 0.504 e. The molecule has 0 saturated heterocycles. The smallest absolute Gasteiger partial charge is 0.251 e. The topological polar surface area (TPSA) is 102 Å². The van der Waals surface area contributed by atoms with E-state index in [4.69, 9.17) is 9.63 Å². The van der Waals surface area contributed by atoms with E-state index < -0.39 is 0 Å². The standard InChI is InChI=1S/C24H37N3O4.3BrH/c1-2-14-27(19-8-9-21-18(16-19)7-10-22(28)24(21)30)15-6-4-3-5-12-25-13-11-20-17-23(29)26-31-20;;;/h7,10,17,19,25,28,30H,2-6,8-9,11-16H2,1H3,(H,26,29);3*1H. The third-order valence-electron chi connectivity index (χ3n) is 6.21. The number of phenols is 2. The highest BCUT2D eigenvalue weighted by Crippen LogP contribution is 2.36. The fourth-order valence-corrected chi connectivity index (χ4v) is 4.55. The third-order valence-corrected chi connectivity index (χ3v) is 6.21. The lowest BCUT2D eigenvalue weighted by Gasteiger charge is -2.35. The minimum Gasteiger partial charge on any atom is -0.504 e. The van der Waals surface area contributed by atoms with Gasteiger partial charge in [0.25, 0.3) is 5.88 Å². The third kappa shape index (κ3) is 10.0. The van der Waals surface area contributed by atoms with E-state index in [0.29, 0.717) is 11.8 Å². The first-order valence-corrected chi connectivity index (χ1v) is 11.7. The molecule has 3 rings (SSSR count). The molecule has 1 aromatic heterocycles. The predicted octanol–water partition coefficient (Wildman–Crippen LogP) is 5.49. The van der Waals surface area contributed by atoms with Crippen molar-refractivity contribution in [3.63, 3.8) is 0 Å². The monoisotopic (exact) mass is 671 g/mol. The first-order valence-electron chi connectivity index (χ1n) is 11.7. The van der Waals surface area contributed by atoms with Gasteiger partial charge in [0.05, 0.1) is 0 Å². The van der Waals surface area contributed by atoms with E-state index in [-0.39, 0.29) is 68.3 Å². The molecule has 34 heavy (non-hydrogen) atoms. The van der Waals surface area contributed by atoms with Gasteiger partial charge < -0.3 is 30.1 Å². The SMILES string of the molecule is Br.Br.Br.CCCN(CCCCCCNCCc1cc(O)no1)C1CCc2c(ccc(O)c2O)C1. The average Bonchev–Trinajstić information content (AvgIpc) is 3.19. The van der Waals surface area contributed by atoms with Crippen molar-refractivity contribution in [3.05, 3.63) is 35.1 Å². The highest BCUT2D eigenvalue weighted by Gasteiger charge is 2.26. The van der Waals surface area contributed by atoms with E-state index in [9.17, 15) is 10.2 Å². The van der Waals surface area contributed by atoms with Gasteiger partial charge in [-0.25, -0.2) is 0 Å². The summed E-state index contributed by atoms with van der Waals surface area (Å²) >= 11 is 0. The summed E-state index contributed by atoms with van der Waals surface area (Å²) in [5, 5.41) is 35.9. The van der Waals surface area contributed by atoms with Crippen molar-refractivity contribution in [1.29, 1.82) is 0 Å². The van der Waals surface area contributed by atoms with Crippen LogP contribution in [0.5, 0.6) is 17.4 Å². The number of phenolic OH excluding ortho intramolecular Hbond substituents is 2. The number of rotatable bonds is 13. The van der Waals surface area contributed by atoms with Crippen molar-refractivity contribution in [2.45, 2.75) is 70.8 Å². The number of fused-ring (bicyclic) bond motifs is 1. The van der Waals surface area contributed by atoms with Crippen LogP contribution in [-0.4, -0.2) is 57.6 Å². The zero-order valence-corrected chi connectivity index (χ0v) is 25.0. The second-order valence-electron chi connectivity index (χ2n) is 8.57. The van der Waals surface area contributed by atoms with Crippen LogP contribution in [0.1, 0.15) is 62.3 Å². The minimum absolute atomic E-state index is 0. The van der Waals surface area contributed by atoms with Crippen molar-refractivity contribution < 1.29 is 19.8 Å². The van der Waals surface area contributed by atoms with Gasteiger partial charge in [0, 0.05) is 30.6 Å². The van der Waals surface area contributed by atoms with Crippen LogP contribution in [0.15, 0.2) is 22.7 Å². The van der Waals surface area contributed by atoms with Gasteiger partial charge in [0.15, 0.2) is 11.5 Å². The maximum atomic E-state index is 10.1. The molecule has 0 saturated carbocycles. The number of benzene rings is 1. The molecule has 1 aromatic carbocycles. The van der Waals surface area contributed by atoms with Crippen molar-refractivity contribution >= 4 is 50.9 Å². The van der Waals surface area contributed by atoms with Crippen LogP contribution in [0.4, 0.5) is 0 Å². The Balaban J connectivity index is 0.00000363. The van der Waals surface area contributed by atoms with E-state index in [2.05, 4.69) is 22.3 Å². The quantitative estimate of drug-likeness (QED) is 0.165. The molecule has 0 radical (unpaired) electrons. The molecular formula is C24H40Br3N3O4. The van der Waals surface area contributed by atoms with Gasteiger partial charge in [0.2, 0.25) is 0 Å². The normalized spacial score (nSPS) is 14.6. The Kier molecular flexibility index (Phi) is 17.2. The highest BCUT2D eigenvalue weighted by molar-refractivity contribution is 8.93. The minimum atomic E-state index is -0.0537. The zero-order chi connectivity index (χ0) is 22.1. The maximum absolute atomic E-state index is 10.1. The summed E-state index contributed by atoms with van der Waals surface area (Å²) in [6.07, 6.45) is 9.54. The van der Waals surface area contributed by atoms with Gasteiger partial charge in [0.1, 0.15) is 5.76 Å². The molecule has 7 nitrogen and oxygen atoms in total. The molecule has 1 aliphatic rings. The summed E-state index contributed by atoms with van der Waals surface area (Å²) in [6.45, 7) is 6.30. The Morgan fingerprint density at radius 3 is 2.50 bits per heavy atom. The maximum Gasteiger partial charge on any atom is 0.251 e. The van der Waals surface area contributed by atoms with Crippen LogP contribution in [0.25, 0.3) is 0 Å². The summed E-state index contributed by atoms with van der Waals surface area (Å²) in [7, 11) is 0. The summed E-state index contributed by atoms with van der Waals surface area (Å²) in [5.74, 6) is 0.723. The lowest BCUT2D eigenvalue weighted by Crippen LogP contribution is -2.40. The van der Waals surface area contributed by atoms with E-state index in [1.807, 2.05) is 6.07 Å². The number of aromatic nitrogens is 1. The van der Waals surface area contributed by atoms with Crippen molar-refractivity contribution in [2.75, 3.05) is 26.2 Å². The lowest BCUT2D eigenvalue weighted by atomic mass is 9.86. The Labute approximate surface area is 234 Å². The Morgan fingerprint density at radius 1 is 1.03 bits per heavy atom. The molecule has 1 unspecified atom stereocenters.